The van der Waals surface area contributed by atoms with E-state index in [9.17, 15) is 12.8 Å². The predicted molar refractivity (Wildman–Crippen MR) is 92.8 cm³/mol. The number of hydrogen-bond donors (Lipinski definition) is 3. The second-order valence-electron chi connectivity index (χ2n) is 5.44. The minimum Gasteiger partial charge on any atom is -0.340 e. The van der Waals surface area contributed by atoms with Crippen LogP contribution >= 0.6 is 0 Å². The van der Waals surface area contributed by atoms with Crippen molar-refractivity contribution in [3.8, 4) is 0 Å². The molecule has 0 saturated heterocycles. The van der Waals surface area contributed by atoms with Crippen LogP contribution in [0.3, 0.4) is 0 Å². The highest BCUT2D eigenvalue weighted by Gasteiger charge is 2.22. The molecule has 0 saturated carbocycles. The molecule has 0 atom stereocenters. The second kappa shape index (κ2) is 6.52. The molecule has 0 aliphatic carbocycles. The lowest BCUT2D eigenvalue weighted by molar-refractivity contribution is 0.600. The number of anilines is 3. The van der Waals surface area contributed by atoms with Gasteiger partial charge in [-0.25, -0.2) is 17.8 Å². The van der Waals surface area contributed by atoms with Gasteiger partial charge in [0.05, 0.1) is 23.3 Å². The fraction of sp³-hybridized carbons (Fsp3) is 0.125. The van der Waals surface area contributed by atoms with E-state index in [4.69, 9.17) is 0 Å². The van der Waals surface area contributed by atoms with E-state index in [1.807, 2.05) is 0 Å². The smallest absolute Gasteiger partial charge is 0.265 e. The summed E-state index contributed by atoms with van der Waals surface area (Å²) < 4.78 is 40.6. The number of benzene rings is 1. The van der Waals surface area contributed by atoms with Crippen LogP contribution in [0.1, 0.15) is 11.4 Å². The summed E-state index contributed by atoms with van der Waals surface area (Å²) in [5, 5.41) is 9.47. The van der Waals surface area contributed by atoms with Crippen molar-refractivity contribution in [3.63, 3.8) is 0 Å². The molecule has 2 aromatic heterocycles. The molecular formula is C16H16FN5O2S. The molecule has 0 amide bonds. The quantitative estimate of drug-likeness (QED) is 0.648. The number of aromatic nitrogens is 3. The van der Waals surface area contributed by atoms with E-state index in [1.54, 1.807) is 38.1 Å². The van der Waals surface area contributed by atoms with Crippen LogP contribution in [0.15, 0.2) is 47.5 Å². The van der Waals surface area contributed by atoms with Gasteiger partial charge in [0.2, 0.25) is 0 Å². The Morgan fingerprint density at radius 2 is 1.92 bits per heavy atom. The monoisotopic (exact) mass is 361 g/mol. The van der Waals surface area contributed by atoms with E-state index in [2.05, 4.69) is 25.2 Å². The SMILES string of the molecule is Cc1n[nH]c(C)c1S(=O)(=O)Nc1ccc(Nc2cccc(F)c2)nc1. The molecule has 0 aliphatic rings. The van der Waals surface area contributed by atoms with Crippen LogP contribution in [-0.2, 0) is 10.0 Å². The molecule has 0 bridgehead atoms. The number of aromatic amines is 1. The number of nitrogens with zero attached hydrogens (tertiary/aromatic N) is 2. The first-order chi connectivity index (χ1) is 11.8. The predicted octanol–water partition coefficient (Wildman–Crippen LogP) is 3.11. The Hall–Kier alpha value is -2.94. The van der Waals surface area contributed by atoms with Gasteiger partial charge < -0.3 is 5.32 Å². The van der Waals surface area contributed by atoms with Gasteiger partial charge >= 0.3 is 0 Å². The molecule has 7 nitrogen and oxygen atoms in total. The average molecular weight is 361 g/mol. The molecular weight excluding hydrogens is 345 g/mol. The van der Waals surface area contributed by atoms with Gasteiger partial charge in [-0.3, -0.25) is 9.82 Å². The second-order valence-corrected chi connectivity index (χ2v) is 7.06. The maximum Gasteiger partial charge on any atom is 0.265 e. The maximum atomic E-state index is 13.2. The van der Waals surface area contributed by atoms with Crippen molar-refractivity contribution in [2.45, 2.75) is 18.7 Å². The first kappa shape index (κ1) is 16.9. The molecule has 0 radical (unpaired) electrons. The molecule has 130 valence electrons. The summed E-state index contributed by atoms with van der Waals surface area (Å²) in [6.07, 6.45) is 1.38. The molecule has 3 rings (SSSR count). The highest BCUT2D eigenvalue weighted by atomic mass is 32.2. The first-order valence-corrected chi connectivity index (χ1v) is 8.86. The zero-order chi connectivity index (χ0) is 18.0. The third-order valence-electron chi connectivity index (χ3n) is 3.44. The van der Waals surface area contributed by atoms with Crippen LogP contribution in [-0.4, -0.2) is 23.6 Å². The fourth-order valence-electron chi connectivity index (χ4n) is 2.39. The molecule has 25 heavy (non-hydrogen) atoms. The van der Waals surface area contributed by atoms with Crippen molar-refractivity contribution in [3.05, 3.63) is 59.8 Å². The van der Waals surface area contributed by atoms with Crippen molar-refractivity contribution >= 4 is 27.2 Å². The Morgan fingerprint density at radius 3 is 2.52 bits per heavy atom. The van der Waals surface area contributed by atoms with Gasteiger partial charge in [-0.05, 0) is 44.2 Å². The summed E-state index contributed by atoms with van der Waals surface area (Å²) in [7, 11) is -3.76. The molecule has 3 N–H and O–H groups in total. The Morgan fingerprint density at radius 1 is 1.12 bits per heavy atom. The number of rotatable bonds is 5. The molecule has 1 aromatic carbocycles. The van der Waals surface area contributed by atoms with Crippen LogP contribution < -0.4 is 10.0 Å². The maximum absolute atomic E-state index is 13.2. The van der Waals surface area contributed by atoms with Crippen molar-refractivity contribution in [2.24, 2.45) is 0 Å². The third kappa shape index (κ3) is 3.77. The molecule has 9 heteroatoms. The Kier molecular flexibility index (Phi) is 4.41. The normalized spacial score (nSPS) is 11.3. The Labute approximate surface area is 144 Å². The summed E-state index contributed by atoms with van der Waals surface area (Å²) in [5.74, 6) is 0.101. The minimum absolute atomic E-state index is 0.120. The minimum atomic E-state index is -3.76. The van der Waals surface area contributed by atoms with Gasteiger partial charge in [-0.2, -0.15) is 5.10 Å². The van der Waals surface area contributed by atoms with Crippen molar-refractivity contribution in [2.75, 3.05) is 10.0 Å². The van der Waals surface area contributed by atoms with E-state index in [1.165, 1.54) is 18.3 Å². The number of nitrogens with one attached hydrogen (secondary N) is 3. The van der Waals surface area contributed by atoms with Crippen LogP contribution in [0, 0.1) is 19.7 Å². The summed E-state index contributed by atoms with van der Waals surface area (Å²) in [4.78, 5) is 4.25. The summed E-state index contributed by atoms with van der Waals surface area (Å²) in [6, 6.07) is 9.12. The number of H-pyrrole nitrogens is 1. The van der Waals surface area contributed by atoms with E-state index < -0.39 is 10.0 Å². The van der Waals surface area contributed by atoms with Gasteiger partial charge in [0, 0.05) is 5.69 Å². The summed E-state index contributed by atoms with van der Waals surface area (Å²) in [5.41, 5.74) is 1.71. The van der Waals surface area contributed by atoms with Crippen LogP contribution in [0.4, 0.5) is 21.6 Å². The largest absolute Gasteiger partial charge is 0.340 e. The zero-order valence-electron chi connectivity index (χ0n) is 13.5. The first-order valence-electron chi connectivity index (χ1n) is 7.38. The van der Waals surface area contributed by atoms with E-state index in [-0.39, 0.29) is 10.7 Å². The Bertz CT molecular complexity index is 980. The lowest BCUT2D eigenvalue weighted by Gasteiger charge is -2.09. The van der Waals surface area contributed by atoms with E-state index in [0.29, 0.717) is 28.6 Å². The molecule has 0 aliphatic heterocycles. The molecule has 3 aromatic rings. The van der Waals surface area contributed by atoms with Crippen molar-refractivity contribution < 1.29 is 12.8 Å². The number of hydrogen-bond acceptors (Lipinski definition) is 5. The third-order valence-corrected chi connectivity index (χ3v) is 5.09. The summed E-state index contributed by atoms with van der Waals surface area (Å²) >= 11 is 0. The highest BCUT2D eigenvalue weighted by Crippen LogP contribution is 2.22. The zero-order valence-corrected chi connectivity index (χ0v) is 14.4. The lowest BCUT2D eigenvalue weighted by atomic mass is 10.3. The van der Waals surface area contributed by atoms with Gasteiger partial charge in [-0.15, -0.1) is 0 Å². The van der Waals surface area contributed by atoms with Gasteiger partial charge in [-0.1, -0.05) is 6.07 Å². The fourth-order valence-corrected chi connectivity index (χ4v) is 3.80. The topological polar surface area (TPSA) is 99.8 Å². The number of sulfonamides is 1. The molecule has 2 heterocycles. The van der Waals surface area contributed by atoms with Crippen LogP contribution in [0.5, 0.6) is 0 Å². The number of pyridine rings is 1. The number of aryl methyl sites for hydroxylation is 2. The summed E-state index contributed by atoms with van der Waals surface area (Å²) in [6.45, 7) is 3.25. The average Bonchev–Trinajstić information content (AvgIpc) is 2.89. The molecule has 0 spiro atoms. The van der Waals surface area contributed by atoms with Crippen molar-refractivity contribution in [1.82, 2.24) is 15.2 Å². The van der Waals surface area contributed by atoms with Gasteiger partial charge in [0.15, 0.2) is 0 Å². The van der Waals surface area contributed by atoms with E-state index in [0.717, 1.165) is 0 Å². The van der Waals surface area contributed by atoms with Crippen molar-refractivity contribution in [1.29, 1.82) is 0 Å². The van der Waals surface area contributed by atoms with E-state index >= 15 is 0 Å². The standard InChI is InChI=1S/C16H16FN5O2S/c1-10-16(11(2)21-20-10)25(23,24)22-14-6-7-15(18-9-14)19-13-5-3-4-12(17)8-13/h3-9,22H,1-2H3,(H,18,19)(H,20,21). The van der Waals surface area contributed by atoms with Gasteiger partial charge in [0.1, 0.15) is 16.5 Å². The molecule has 0 unspecified atom stereocenters. The highest BCUT2D eigenvalue weighted by molar-refractivity contribution is 7.92. The van der Waals surface area contributed by atoms with Crippen LogP contribution in [0.25, 0.3) is 0 Å². The lowest BCUT2D eigenvalue weighted by Crippen LogP contribution is -2.14. The molecule has 0 fully saturated rings. The van der Waals surface area contributed by atoms with Gasteiger partial charge in [0.25, 0.3) is 10.0 Å². The van der Waals surface area contributed by atoms with Crippen LogP contribution in [0.2, 0.25) is 0 Å². The Balaban J connectivity index is 1.77. The number of halogens is 1.